The average Bonchev–Trinajstić information content (AvgIpc) is 2.66. The summed E-state index contributed by atoms with van der Waals surface area (Å²) in [6, 6.07) is 7.08. The minimum Gasteiger partial charge on any atom is -0.385 e. The molecule has 0 aliphatic heterocycles. The van der Waals surface area contributed by atoms with Crippen LogP contribution in [0.4, 0.5) is 0 Å². The SMILES string of the molecule is C[C@@H](O)c1nnn(-c2cccc(Cl)c2)n1. The van der Waals surface area contributed by atoms with Crippen LogP contribution >= 0.6 is 11.6 Å². The van der Waals surface area contributed by atoms with Crippen LogP contribution in [0.25, 0.3) is 5.69 Å². The Morgan fingerprint density at radius 2 is 2.27 bits per heavy atom. The molecular formula is C9H9ClN4O. The Balaban J connectivity index is 2.37. The highest BCUT2D eigenvalue weighted by Gasteiger charge is 2.09. The number of rotatable bonds is 2. The molecule has 1 aromatic heterocycles. The van der Waals surface area contributed by atoms with E-state index in [0.717, 1.165) is 0 Å². The van der Waals surface area contributed by atoms with E-state index in [1.165, 1.54) is 4.80 Å². The van der Waals surface area contributed by atoms with Gasteiger partial charge in [-0.15, -0.1) is 15.0 Å². The number of nitrogens with zero attached hydrogens (tertiary/aromatic N) is 4. The fourth-order valence-electron chi connectivity index (χ4n) is 1.10. The van der Waals surface area contributed by atoms with Gasteiger partial charge in [-0.25, -0.2) is 0 Å². The lowest BCUT2D eigenvalue weighted by atomic mass is 10.3. The van der Waals surface area contributed by atoms with Crippen LogP contribution in [-0.2, 0) is 0 Å². The monoisotopic (exact) mass is 224 g/mol. The Labute approximate surface area is 91.3 Å². The Morgan fingerprint density at radius 1 is 1.47 bits per heavy atom. The molecule has 0 aliphatic rings. The van der Waals surface area contributed by atoms with E-state index in [1.54, 1.807) is 31.2 Å². The molecule has 0 spiro atoms. The zero-order chi connectivity index (χ0) is 10.8. The number of aliphatic hydroxyl groups excluding tert-OH is 1. The lowest BCUT2D eigenvalue weighted by Crippen LogP contribution is -2.00. The van der Waals surface area contributed by atoms with Crippen LogP contribution in [0.2, 0.25) is 5.02 Å². The van der Waals surface area contributed by atoms with Crippen molar-refractivity contribution in [1.82, 2.24) is 20.2 Å². The predicted octanol–water partition coefficient (Wildman–Crippen LogP) is 1.37. The quantitative estimate of drug-likeness (QED) is 0.837. The van der Waals surface area contributed by atoms with Crippen molar-refractivity contribution in [1.29, 1.82) is 0 Å². The van der Waals surface area contributed by atoms with E-state index in [0.29, 0.717) is 10.7 Å². The van der Waals surface area contributed by atoms with E-state index >= 15 is 0 Å². The number of tetrazole rings is 1. The Morgan fingerprint density at radius 3 is 2.87 bits per heavy atom. The van der Waals surface area contributed by atoms with Crippen molar-refractivity contribution >= 4 is 11.6 Å². The molecule has 2 rings (SSSR count). The molecule has 1 heterocycles. The summed E-state index contributed by atoms with van der Waals surface area (Å²) in [4.78, 5) is 1.33. The molecule has 0 unspecified atom stereocenters. The molecule has 0 saturated carbocycles. The largest absolute Gasteiger partial charge is 0.385 e. The molecule has 0 amide bonds. The summed E-state index contributed by atoms with van der Waals surface area (Å²) < 4.78 is 0. The second-order valence-electron chi connectivity index (χ2n) is 3.09. The molecule has 15 heavy (non-hydrogen) atoms. The van der Waals surface area contributed by atoms with E-state index < -0.39 is 6.10 Å². The van der Waals surface area contributed by atoms with Crippen molar-refractivity contribution in [2.45, 2.75) is 13.0 Å². The molecule has 5 nitrogen and oxygen atoms in total. The van der Waals surface area contributed by atoms with Gasteiger partial charge in [-0.1, -0.05) is 17.7 Å². The summed E-state index contributed by atoms with van der Waals surface area (Å²) in [5, 5.41) is 21.4. The molecule has 0 fully saturated rings. The lowest BCUT2D eigenvalue weighted by molar-refractivity contribution is 0.188. The summed E-state index contributed by atoms with van der Waals surface area (Å²) in [5.41, 5.74) is 0.710. The fourth-order valence-corrected chi connectivity index (χ4v) is 1.29. The number of hydrogen-bond donors (Lipinski definition) is 1. The molecule has 78 valence electrons. The third kappa shape index (κ3) is 2.14. The molecule has 0 aliphatic carbocycles. The van der Waals surface area contributed by atoms with Crippen molar-refractivity contribution in [2.75, 3.05) is 0 Å². The van der Waals surface area contributed by atoms with E-state index in [2.05, 4.69) is 15.4 Å². The molecule has 6 heteroatoms. The van der Waals surface area contributed by atoms with E-state index in [4.69, 9.17) is 11.6 Å². The second kappa shape index (κ2) is 3.96. The fraction of sp³-hybridized carbons (Fsp3) is 0.222. The van der Waals surface area contributed by atoms with Crippen LogP contribution < -0.4 is 0 Å². The first-order chi connectivity index (χ1) is 7.16. The van der Waals surface area contributed by atoms with Crippen LogP contribution in [0.1, 0.15) is 18.9 Å². The van der Waals surface area contributed by atoms with Crippen LogP contribution in [0, 0.1) is 0 Å². The Hall–Kier alpha value is -1.46. The molecule has 0 bridgehead atoms. The first-order valence-corrected chi connectivity index (χ1v) is 4.78. The number of halogens is 1. The normalized spacial score (nSPS) is 12.7. The Bertz CT molecular complexity index is 469. The minimum absolute atomic E-state index is 0.287. The van der Waals surface area contributed by atoms with Gasteiger partial charge >= 0.3 is 0 Å². The minimum atomic E-state index is -0.724. The molecule has 0 saturated heterocycles. The lowest BCUT2D eigenvalue weighted by Gasteiger charge is -1.98. The Kier molecular flexibility index (Phi) is 2.66. The zero-order valence-corrected chi connectivity index (χ0v) is 8.76. The van der Waals surface area contributed by atoms with Gasteiger partial charge in [-0.3, -0.25) is 0 Å². The van der Waals surface area contributed by atoms with Crippen LogP contribution in [0.15, 0.2) is 24.3 Å². The van der Waals surface area contributed by atoms with Gasteiger partial charge in [0.25, 0.3) is 0 Å². The highest BCUT2D eigenvalue weighted by atomic mass is 35.5. The zero-order valence-electron chi connectivity index (χ0n) is 8.00. The number of aliphatic hydroxyl groups is 1. The summed E-state index contributed by atoms with van der Waals surface area (Å²) in [5.74, 6) is 0.287. The molecule has 2 aromatic rings. The first kappa shape index (κ1) is 10.1. The maximum absolute atomic E-state index is 9.23. The maximum Gasteiger partial charge on any atom is 0.203 e. The number of benzene rings is 1. The van der Waals surface area contributed by atoms with Crippen molar-refractivity contribution in [3.05, 3.63) is 35.1 Å². The van der Waals surface area contributed by atoms with E-state index in [-0.39, 0.29) is 5.82 Å². The van der Waals surface area contributed by atoms with Gasteiger partial charge in [0.05, 0.1) is 5.69 Å². The van der Waals surface area contributed by atoms with Gasteiger partial charge in [-0.2, -0.15) is 0 Å². The summed E-state index contributed by atoms with van der Waals surface area (Å²) in [6.45, 7) is 1.58. The van der Waals surface area contributed by atoms with Crippen LogP contribution in [0.5, 0.6) is 0 Å². The third-order valence-corrected chi connectivity index (χ3v) is 2.08. The number of aromatic nitrogens is 4. The number of hydrogen-bond acceptors (Lipinski definition) is 4. The molecule has 1 atom stereocenters. The van der Waals surface area contributed by atoms with E-state index in [1.807, 2.05) is 0 Å². The van der Waals surface area contributed by atoms with Crippen molar-refractivity contribution in [3.8, 4) is 5.69 Å². The van der Waals surface area contributed by atoms with Gasteiger partial charge < -0.3 is 5.11 Å². The topological polar surface area (TPSA) is 63.8 Å². The highest BCUT2D eigenvalue weighted by molar-refractivity contribution is 6.30. The van der Waals surface area contributed by atoms with Gasteiger partial charge in [0.1, 0.15) is 6.10 Å². The molecule has 1 aromatic carbocycles. The average molecular weight is 225 g/mol. The standard InChI is InChI=1S/C9H9ClN4O/c1-6(15)9-11-13-14(12-9)8-4-2-3-7(10)5-8/h2-6,15H,1H3/t6-/m1/s1. The second-order valence-corrected chi connectivity index (χ2v) is 3.53. The molecule has 0 radical (unpaired) electrons. The summed E-state index contributed by atoms with van der Waals surface area (Å²) in [6.07, 6.45) is -0.724. The van der Waals surface area contributed by atoms with Crippen LogP contribution in [0.3, 0.4) is 0 Å². The van der Waals surface area contributed by atoms with Gasteiger partial charge in [0.2, 0.25) is 5.82 Å². The van der Waals surface area contributed by atoms with Gasteiger partial charge in [-0.05, 0) is 30.3 Å². The third-order valence-electron chi connectivity index (χ3n) is 1.84. The summed E-state index contributed by atoms with van der Waals surface area (Å²) >= 11 is 5.83. The van der Waals surface area contributed by atoms with Gasteiger partial charge in [0.15, 0.2) is 0 Å². The van der Waals surface area contributed by atoms with Gasteiger partial charge in [0, 0.05) is 5.02 Å². The van der Waals surface area contributed by atoms with Crippen molar-refractivity contribution in [3.63, 3.8) is 0 Å². The predicted molar refractivity (Wildman–Crippen MR) is 54.8 cm³/mol. The first-order valence-electron chi connectivity index (χ1n) is 4.41. The molecular weight excluding hydrogens is 216 g/mol. The summed E-state index contributed by atoms with van der Waals surface area (Å²) in [7, 11) is 0. The highest BCUT2D eigenvalue weighted by Crippen LogP contribution is 2.13. The van der Waals surface area contributed by atoms with Crippen molar-refractivity contribution in [2.24, 2.45) is 0 Å². The van der Waals surface area contributed by atoms with E-state index in [9.17, 15) is 5.11 Å². The maximum atomic E-state index is 9.23. The van der Waals surface area contributed by atoms with Crippen molar-refractivity contribution < 1.29 is 5.11 Å². The van der Waals surface area contributed by atoms with Crippen LogP contribution in [-0.4, -0.2) is 25.3 Å². The smallest absolute Gasteiger partial charge is 0.203 e. The molecule has 1 N–H and O–H groups in total.